The van der Waals surface area contributed by atoms with Gasteiger partial charge >= 0.3 is 6.03 Å². The van der Waals surface area contributed by atoms with E-state index in [0.717, 1.165) is 9.86 Å². The molecular weight excluding hydrogens is 302 g/mol. The summed E-state index contributed by atoms with van der Waals surface area (Å²) in [5, 5.41) is 7.55. The van der Waals surface area contributed by atoms with Gasteiger partial charge in [-0.1, -0.05) is 11.6 Å². The maximum Gasteiger partial charge on any atom is 0.347 e. The fraction of sp³-hybridized carbons (Fsp3) is 0.273. The van der Waals surface area contributed by atoms with E-state index < -0.39 is 6.03 Å². The number of fused-ring (bicyclic) bond motifs is 1. The molecule has 0 N–H and O–H groups in total. The van der Waals surface area contributed by atoms with E-state index >= 15 is 0 Å². The third kappa shape index (κ3) is 2.06. The van der Waals surface area contributed by atoms with E-state index in [2.05, 4.69) is 10.1 Å². The molecule has 2 aromatic heterocycles. The van der Waals surface area contributed by atoms with E-state index in [1.54, 1.807) is 4.40 Å². The highest BCUT2D eigenvalue weighted by Gasteiger charge is 2.30. The molecule has 0 radical (unpaired) electrons. The van der Waals surface area contributed by atoms with Crippen LogP contribution in [0.2, 0.25) is 5.15 Å². The Hall–Kier alpha value is -1.93. The molecule has 1 saturated heterocycles. The number of carbonyl (C=O) groups is 2. The fourth-order valence-electron chi connectivity index (χ4n) is 1.94. The lowest BCUT2D eigenvalue weighted by Crippen LogP contribution is -2.32. The number of thiazole rings is 1. The Morgan fingerprint density at radius 1 is 1.55 bits per heavy atom. The third-order valence-electron chi connectivity index (χ3n) is 2.94. The first kappa shape index (κ1) is 13.1. The second-order valence-corrected chi connectivity index (χ2v) is 5.40. The van der Waals surface area contributed by atoms with Crippen molar-refractivity contribution in [2.45, 2.75) is 6.92 Å². The van der Waals surface area contributed by atoms with Gasteiger partial charge in [0.15, 0.2) is 10.1 Å². The molecule has 0 spiro atoms. The predicted molar refractivity (Wildman–Crippen MR) is 75.2 cm³/mol. The Labute approximate surface area is 123 Å². The normalized spacial score (nSPS) is 16.0. The zero-order valence-electron chi connectivity index (χ0n) is 10.5. The van der Waals surface area contributed by atoms with Crippen molar-refractivity contribution in [3.63, 3.8) is 0 Å². The number of imidazole rings is 1. The molecule has 3 amide bonds. The van der Waals surface area contributed by atoms with Crippen LogP contribution in [-0.4, -0.2) is 50.5 Å². The van der Waals surface area contributed by atoms with Gasteiger partial charge in [-0.3, -0.25) is 14.1 Å². The predicted octanol–water partition coefficient (Wildman–Crippen LogP) is 1.67. The number of aromatic nitrogens is 2. The summed E-state index contributed by atoms with van der Waals surface area (Å²) in [4.78, 5) is 29.2. The molecule has 0 aliphatic carbocycles. The molecule has 0 bridgehead atoms. The van der Waals surface area contributed by atoms with Crippen LogP contribution in [0.5, 0.6) is 0 Å². The van der Waals surface area contributed by atoms with Crippen LogP contribution in [0.4, 0.5) is 4.79 Å². The lowest BCUT2D eigenvalue weighted by Gasteiger charge is -2.10. The van der Waals surface area contributed by atoms with Crippen LogP contribution in [0, 0.1) is 0 Å². The van der Waals surface area contributed by atoms with Crippen LogP contribution in [0.1, 0.15) is 12.6 Å². The average molecular weight is 312 g/mol. The topological polar surface area (TPSA) is 70.3 Å². The van der Waals surface area contributed by atoms with Crippen molar-refractivity contribution in [1.82, 2.24) is 19.3 Å². The van der Waals surface area contributed by atoms with Gasteiger partial charge in [-0.2, -0.15) is 5.10 Å². The monoisotopic (exact) mass is 311 g/mol. The van der Waals surface area contributed by atoms with Gasteiger partial charge < -0.3 is 0 Å². The van der Waals surface area contributed by atoms with Gasteiger partial charge in [-0.05, 0) is 0 Å². The van der Waals surface area contributed by atoms with Gasteiger partial charge in [-0.25, -0.2) is 14.8 Å². The van der Waals surface area contributed by atoms with E-state index in [1.807, 2.05) is 11.6 Å². The number of carbonyl (C=O) groups excluding carboxylic acids is 2. The molecule has 0 atom stereocenters. The van der Waals surface area contributed by atoms with E-state index in [1.165, 1.54) is 29.5 Å². The number of hydrogen-bond donors (Lipinski definition) is 0. The van der Waals surface area contributed by atoms with Gasteiger partial charge in [0.2, 0.25) is 5.91 Å². The molecular formula is C11H10ClN5O2S. The third-order valence-corrected chi connectivity index (χ3v) is 3.98. The molecule has 3 rings (SSSR count). The van der Waals surface area contributed by atoms with Crippen LogP contribution in [0.15, 0.2) is 16.7 Å². The number of halogens is 1. The lowest BCUT2D eigenvalue weighted by atomic mass is 10.5. The van der Waals surface area contributed by atoms with Crippen LogP contribution < -0.4 is 0 Å². The maximum atomic E-state index is 11.9. The summed E-state index contributed by atoms with van der Waals surface area (Å²) in [5.74, 6) is -0.282. The molecule has 1 aliphatic rings. The SMILES string of the molecule is CC(=O)N1CCN(/N=C/c2c(Cl)nc3sccn23)C1=O. The summed E-state index contributed by atoms with van der Waals surface area (Å²) in [6.07, 6.45) is 3.31. The molecule has 2 aromatic rings. The Balaban J connectivity index is 1.84. The molecule has 0 saturated carbocycles. The first-order chi connectivity index (χ1) is 9.58. The molecule has 0 unspecified atom stereocenters. The smallest absolute Gasteiger partial charge is 0.288 e. The Morgan fingerprint density at radius 2 is 2.35 bits per heavy atom. The van der Waals surface area contributed by atoms with Crippen LogP contribution in [-0.2, 0) is 4.79 Å². The molecule has 9 heteroatoms. The number of hydrazone groups is 1. The van der Waals surface area contributed by atoms with Gasteiger partial charge in [0, 0.05) is 18.5 Å². The summed E-state index contributed by atoms with van der Waals surface area (Å²) < 4.78 is 1.79. The lowest BCUT2D eigenvalue weighted by molar-refractivity contribution is -0.125. The minimum atomic E-state index is -0.420. The molecule has 1 aliphatic heterocycles. The highest BCUT2D eigenvalue weighted by Crippen LogP contribution is 2.20. The van der Waals surface area contributed by atoms with Crippen molar-refractivity contribution >= 4 is 46.1 Å². The second-order valence-electron chi connectivity index (χ2n) is 4.16. The summed E-state index contributed by atoms with van der Waals surface area (Å²) in [6.45, 7) is 2.07. The fourth-order valence-corrected chi connectivity index (χ4v) is 2.93. The number of nitrogens with zero attached hydrogens (tertiary/aromatic N) is 5. The number of urea groups is 1. The van der Waals surface area contributed by atoms with E-state index in [-0.39, 0.29) is 5.91 Å². The van der Waals surface area contributed by atoms with Gasteiger partial charge in [0.1, 0.15) is 5.69 Å². The first-order valence-corrected chi connectivity index (χ1v) is 7.08. The summed E-state index contributed by atoms with van der Waals surface area (Å²) >= 11 is 7.48. The van der Waals surface area contributed by atoms with Crippen LogP contribution in [0.3, 0.4) is 0 Å². The Morgan fingerprint density at radius 3 is 3.05 bits per heavy atom. The number of hydrogen-bond acceptors (Lipinski definition) is 5. The van der Waals surface area contributed by atoms with Crippen molar-refractivity contribution < 1.29 is 9.59 Å². The highest BCUT2D eigenvalue weighted by atomic mass is 35.5. The zero-order valence-corrected chi connectivity index (χ0v) is 12.1. The van der Waals surface area contributed by atoms with E-state index in [0.29, 0.717) is 23.9 Å². The number of amides is 3. The van der Waals surface area contributed by atoms with Crippen LogP contribution >= 0.6 is 22.9 Å². The summed E-state index contributed by atoms with van der Waals surface area (Å²) in [7, 11) is 0. The number of imide groups is 1. The molecule has 3 heterocycles. The van der Waals surface area contributed by atoms with E-state index in [4.69, 9.17) is 11.6 Å². The second kappa shape index (κ2) is 4.88. The standard InChI is InChI=1S/C11H10ClN5O2S/c1-7(18)15-2-3-17(11(15)19)13-6-8-9(12)14-10-16(8)4-5-20-10/h4-6H,2-3H2,1H3/b13-6+. The van der Waals surface area contributed by atoms with E-state index in [9.17, 15) is 9.59 Å². The summed E-state index contributed by atoms with van der Waals surface area (Å²) in [5.41, 5.74) is 0.608. The zero-order chi connectivity index (χ0) is 14.3. The minimum Gasteiger partial charge on any atom is -0.288 e. The largest absolute Gasteiger partial charge is 0.347 e. The van der Waals surface area contributed by atoms with Gasteiger partial charge in [-0.15, -0.1) is 11.3 Å². The highest BCUT2D eigenvalue weighted by molar-refractivity contribution is 7.15. The van der Waals surface area contributed by atoms with Crippen molar-refractivity contribution in [2.75, 3.05) is 13.1 Å². The molecule has 1 fully saturated rings. The summed E-state index contributed by atoms with van der Waals surface area (Å²) in [6, 6.07) is -0.420. The van der Waals surface area contributed by atoms with Gasteiger partial charge in [0.05, 0.1) is 19.3 Å². The quantitative estimate of drug-likeness (QED) is 0.792. The van der Waals surface area contributed by atoms with Crippen LogP contribution in [0.25, 0.3) is 4.96 Å². The average Bonchev–Trinajstić information content (AvgIpc) is 3.03. The van der Waals surface area contributed by atoms with Crippen molar-refractivity contribution in [3.05, 3.63) is 22.4 Å². The Kier molecular flexibility index (Phi) is 3.19. The number of rotatable bonds is 2. The first-order valence-electron chi connectivity index (χ1n) is 5.82. The molecule has 104 valence electrons. The van der Waals surface area contributed by atoms with Gasteiger partial charge in [0.25, 0.3) is 0 Å². The maximum absolute atomic E-state index is 11.9. The van der Waals surface area contributed by atoms with Crippen molar-refractivity contribution in [1.29, 1.82) is 0 Å². The minimum absolute atomic E-state index is 0.282. The van der Waals surface area contributed by atoms with Crippen molar-refractivity contribution in [2.24, 2.45) is 5.10 Å². The molecule has 0 aromatic carbocycles. The van der Waals surface area contributed by atoms with Crippen molar-refractivity contribution in [3.8, 4) is 0 Å². The Bertz CT molecular complexity index is 722. The molecule has 20 heavy (non-hydrogen) atoms. The molecule has 7 nitrogen and oxygen atoms in total.